The third-order valence-electron chi connectivity index (χ3n) is 5.18. The second-order valence-corrected chi connectivity index (χ2v) is 8.76. The van der Waals surface area contributed by atoms with Gasteiger partial charge in [-0.05, 0) is 55.0 Å². The number of halogens is 1. The fourth-order valence-corrected chi connectivity index (χ4v) is 4.34. The van der Waals surface area contributed by atoms with Gasteiger partial charge in [0.15, 0.2) is 0 Å². The molecule has 2 aromatic heterocycles. The Hall–Kier alpha value is -3.23. The van der Waals surface area contributed by atoms with Gasteiger partial charge in [-0.1, -0.05) is 23.7 Å². The monoisotopic (exact) mass is 467 g/mol. The molecule has 0 unspecified atom stereocenters. The van der Waals surface area contributed by atoms with Gasteiger partial charge >= 0.3 is 0 Å². The van der Waals surface area contributed by atoms with E-state index in [1.165, 1.54) is 24.0 Å². The second kappa shape index (κ2) is 9.93. The van der Waals surface area contributed by atoms with E-state index in [4.69, 9.17) is 17.0 Å². The minimum atomic E-state index is -0.365. The molecule has 0 aliphatic carbocycles. The van der Waals surface area contributed by atoms with Gasteiger partial charge in [-0.15, -0.1) is 11.3 Å². The number of amides is 2. The Morgan fingerprint density at radius 2 is 1.66 bits per heavy atom. The number of amidine groups is 1. The standard InChI is InChI=1S/C23H22ClN5O2S/c24-17-8-9-19(26-14-17)28-23(31)20-18(10-13-32-20)27-22(30)16-6-4-15(5-7-16)21(25)29-11-2-1-3-12-29/h4-10,13-14,25H,1-3,11-12H2,(H,27,30)(H,26,28,31). The SMILES string of the molecule is N=C(c1ccc(C(=O)Nc2ccsc2C(=O)Nc2ccc(Cl)cn2)cc1)N1CCCCC1. The normalized spacial score (nSPS) is 13.5. The lowest BCUT2D eigenvalue weighted by atomic mass is 10.1. The molecular formula is C23H22ClN5O2S. The van der Waals surface area contributed by atoms with Crippen LogP contribution in [-0.2, 0) is 0 Å². The smallest absolute Gasteiger partial charge is 0.269 e. The molecule has 32 heavy (non-hydrogen) atoms. The highest BCUT2D eigenvalue weighted by atomic mass is 35.5. The summed E-state index contributed by atoms with van der Waals surface area (Å²) in [5.41, 5.74) is 1.67. The Balaban J connectivity index is 1.41. The number of nitrogens with zero attached hydrogens (tertiary/aromatic N) is 2. The Morgan fingerprint density at radius 3 is 2.34 bits per heavy atom. The highest BCUT2D eigenvalue weighted by molar-refractivity contribution is 7.12. The van der Waals surface area contributed by atoms with Crippen LogP contribution in [0.1, 0.15) is 44.9 Å². The predicted octanol–water partition coefficient (Wildman–Crippen LogP) is 5.11. The van der Waals surface area contributed by atoms with Crippen LogP contribution >= 0.6 is 22.9 Å². The molecular weight excluding hydrogens is 446 g/mol. The van der Waals surface area contributed by atoms with Crippen LogP contribution in [0.4, 0.5) is 11.5 Å². The summed E-state index contributed by atoms with van der Waals surface area (Å²) < 4.78 is 0. The molecule has 3 aromatic rings. The summed E-state index contributed by atoms with van der Waals surface area (Å²) in [5, 5.41) is 16.1. The number of hydrogen-bond donors (Lipinski definition) is 3. The van der Waals surface area contributed by atoms with E-state index in [9.17, 15) is 9.59 Å². The number of piperidine rings is 1. The van der Waals surface area contributed by atoms with Gasteiger partial charge in [0.25, 0.3) is 11.8 Å². The zero-order valence-corrected chi connectivity index (χ0v) is 18.8. The topological polar surface area (TPSA) is 98.2 Å². The quantitative estimate of drug-likeness (QED) is 0.358. The van der Waals surface area contributed by atoms with Crippen LogP contribution in [-0.4, -0.2) is 40.6 Å². The minimum Gasteiger partial charge on any atom is -0.357 e. The van der Waals surface area contributed by atoms with Gasteiger partial charge in [-0.3, -0.25) is 15.0 Å². The van der Waals surface area contributed by atoms with Crippen molar-refractivity contribution in [3.8, 4) is 0 Å². The molecule has 1 saturated heterocycles. The van der Waals surface area contributed by atoms with Crippen molar-refractivity contribution in [2.45, 2.75) is 19.3 Å². The van der Waals surface area contributed by atoms with E-state index in [2.05, 4.69) is 20.5 Å². The summed E-state index contributed by atoms with van der Waals surface area (Å²) in [4.78, 5) is 31.9. The highest BCUT2D eigenvalue weighted by Gasteiger charge is 2.18. The largest absolute Gasteiger partial charge is 0.357 e. The fraction of sp³-hybridized carbons (Fsp3) is 0.217. The maximum Gasteiger partial charge on any atom is 0.269 e. The van der Waals surface area contributed by atoms with Crippen molar-refractivity contribution >= 4 is 52.1 Å². The van der Waals surface area contributed by atoms with E-state index in [0.29, 0.717) is 32.8 Å². The van der Waals surface area contributed by atoms with E-state index >= 15 is 0 Å². The van der Waals surface area contributed by atoms with Crippen LogP contribution in [0.25, 0.3) is 0 Å². The Bertz CT molecular complexity index is 1120. The molecule has 1 aliphatic rings. The second-order valence-electron chi connectivity index (χ2n) is 7.41. The zero-order chi connectivity index (χ0) is 22.5. The lowest BCUT2D eigenvalue weighted by molar-refractivity contribution is 0.102. The third-order valence-corrected chi connectivity index (χ3v) is 6.32. The molecule has 3 heterocycles. The van der Waals surface area contributed by atoms with Crippen LogP contribution in [0.15, 0.2) is 54.0 Å². The van der Waals surface area contributed by atoms with Gasteiger partial charge in [-0.25, -0.2) is 4.98 Å². The highest BCUT2D eigenvalue weighted by Crippen LogP contribution is 2.24. The molecule has 4 rings (SSSR count). The van der Waals surface area contributed by atoms with E-state index in [1.54, 1.807) is 47.8 Å². The maximum atomic E-state index is 12.7. The molecule has 1 aliphatic heterocycles. The molecule has 1 aromatic carbocycles. The van der Waals surface area contributed by atoms with E-state index in [-0.39, 0.29) is 11.8 Å². The average Bonchev–Trinajstić information content (AvgIpc) is 3.29. The molecule has 0 atom stereocenters. The number of benzene rings is 1. The van der Waals surface area contributed by atoms with Crippen molar-refractivity contribution in [3.63, 3.8) is 0 Å². The summed E-state index contributed by atoms with van der Waals surface area (Å²) in [6, 6.07) is 11.9. The lowest BCUT2D eigenvalue weighted by Gasteiger charge is -2.29. The number of thiophene rings is 1. The first kappa shape index (κ1) is 22.0. The van der Waals surface area contributed by atoms with Crippen molar-refractivity contribution in [1.29, 1.82) is 5.41 Å². The number of aromatic nitrogens is 1. The molecule has 7 nitrogen and oxygen atoms in total. The summed E-state index contributed by atoms with van der Waals surface area (Å²) in [6.45, 7) is 1.80. The summed E-state index contributed by atoms with van der Waals surface area (Å²) >= 11 is 7.05. The molecule has 0 spiro atoms. The number of carbonyl (C=O) groups is 2. The molecule has 2 amide bonds. The predicted molar refractivity (Wildman–Crippen MR) is 128 cm³/mol. The number of rotatable bonds is 5. The third kappa shape index (κ3) is 5.15. The van der Waals surface area contributed by atoms with Crippen molar-refractivity contribution in [2.75, 3.05) is 23.7 Å². The Kier molecular flexibility index (Phi) is 6.82. The van der Waals surface area contributed by atoms with Gasteiger partial charge in [0.1, 0.15) is 16.5 Å². The average molecular weight is 468 g/mol. The molecule has 9 heteroatoms. The Morgan fingerprint density at radius 1 is 0.938 bits per heavy atom. The zero-order valence-electron chi connectivity index (χ0n) is 17.2. The number of pyridine rings is 1. The molecule has 0 saturated carbocycles. The molecule has 0 radical (unpaired) electrons. The van der Waals surface area contributed by atoms with Crippen molar-refractivity contribution in [1.82, 2.24) is 9.88 Å². The molecule has 1 fully saturated rings. The van der Waals surface area contributed by atoms with Crippen LogP contribution in [0.3, 0.4) is 0 Å². The van der Waals surface area contributed by atoms with Gasteiger partial charge in [0.05, 0.1) is 10.7 Å². The van der Waals surface area contributed by atoms with Crippen LogP contribution < -0.4 is 10.6 Å². The number of hydrogen-bond acceptors (Lipinski definition) is 5. The van der Waals surface area contributed by atoms with Crippen LogP contribution in [0.5, 0.6) is 0 Å². The van der Waals surface area contributed by atoms with E-state index in [0.717, 1.165) is 31.5 Å². The molecule has 3 N–H and O–H groups in total. The first-order valence-electron chi connectivity index (χ1n) is 10.3. The van der Waals surface area contributed by atoms with Crippen molar-refractivity contribution in [3.05, 3.63) is 75.1 Å². The lowest BCUT2D eigenvalue weighted by Crippen LogP contribution is -2.35. The number of carbonyl (C=O) groups excluding carboxylic acids is 2. The fourth-order valence-electron chi connectivity index (χ4n) is 3.48. The van der Waals surface area contributed by atoms with Gasteiger partial charge in [-0.2, -0.15) is 0 Å². The van der Waals surface area contributed by atoms with Crippen LogP contribution in [0.2, 0.25) is 5.02 Å². The summed E-state index contributed by atoms with van der Waals surface area (Å²) in [5.74, 6) is 0.176. The van der Waals surface area contributed by atoms with Gasteiger partial charge in [0.2, 0.25) is 0 Å². The minimum absolute atomic E-state index is 0.321. The first-order chi connectivity index (χ1) is 15.5. The number of likely N-dealkylation sites (tertiary alicyclic amines) is 1. The summed E-state index contributed by atoms with van der Waals surface area (Å²) in [7, 11) is 0. The summed E-state index contributed by atoms with van der Waals surface area (Å²) in [6.07, 6.45) is 4.87. The van der Waals surface area contributed by atoms with Crippen molar-refractivity contribution < 1.29 is 9.59 Å². The van der Waals surface area contributed by atoms with Gasteiger partial charge < -0.3 is 15.5 Å². The van der Waals surface area contributed by atoms with Gasteiger partial charge in [0, 0.05) is 30.4 Å². The maximum absolute atomic E-state index is 12.7. The van der Waals surface area contributed by atoms with E-state index in [1.807, 2.05) is 0 Å². The first-order valence-corrected chi connectivity index (χ1v) is 11.5. The van der Waals surface area contributed by atoms with E-state index < -0.39 is 0 Å². The van der Waals surface area contributed by atoms with Crippen LogP contribution in [0, 0.1) is 5.41 Å². The Labute approximate surface area is 194 Å². The molecule has 164 valence electrons. The number of nitrogens with one attached hydrogen (secondary N) is 3. The number of anilines is 2. The molecule has 0 bridgehead atoms. The van der Waals surface area contributed by atoms with Crippen molar-refractivity contribution in [2.24, 2.45) is 0 Å².